The van der Waals surface area contributed by atoms with Gasteiger partial charge in [-0.2, -0.15) is 0 Å². The minimum Gasteiger partial charge on any atom is -0.466 e. The number of ether oxygens (including phenoxy) is 1. The van der Waals surface area contributed by atoms with Crippen molar-refractivity contribution in [3.63, 3.8) is 0 Å². The summed E-state index contributed by atoms with van der Waals surface area (Å²) in [6.07, 6.45) is 5.44. The number of aromatic nitrogens is 2. The number of carbonyl (C=O) groups is 1. The van der Waals surface area contributed by atoms with Gasteiger partial charge in [-0.15, -0.1) is 24.0 Å². The minimum atomic E-state index is -0.0694. The molecule has 0 amide bonds. The molecule has 0 aliphatic carbocycles. The van der Waals surface area contributed by atoms with Gasteiger partial charge >= 0.3 is 5.97 Å². The summed E-state index contributed by atoms with van der Waals surface area (Å²) in [5.41, 5.74) is 2.46. The summed E-state index contributed by atoms with van der Waals surface area (Å²) in [6, 6.07) is 8.56. The van der Waals surface area contributed by atoms with Crippen LogP contribution in [0.2, 0.25) is 0 Å². The van der Waals surface area contributed by atoms with Crippen LogP contribution in [0.1, 0.15) is 36.7 Å². The van der Waals surface area contributed by atoms with Crippen LogP contribution in [0.25, 0.3) is 0 Å². The first-order valence-electron chi connectivity index (χ1n) is 10.3. The first-order chi connectivity index (χ1) is 14.1. The maximum Gasteiger partial charge on any atom is 0.309 e. The molecule has 0 spiro atoms. The average molecular weight is 525 g/mol. The number of esters is 1. The van der Waals surface area contributed by atoms with E-state index in [4.69, 9.17) is 4.74 Å². The smallest absolute Gasteiger partial charge is 0.309 e. The van der Waals surface area contributed by atoms with Gasteiger partial charge in [0.25, 0.3) is 0 Å². The zero-order chi connectivity index (χ0) is 20.6. The number of nitrogens with one attached hydrogen (secondary N) is 1. The number of imidazole rings is 1. The Kier molecular flexibility index (Phi) is 9.61. The molecule has 0 radical (unpaired) electrons. The Morgan fingerprint density at radius 3 is 2.67 bits per heavy atom. The van der Waals surface area contributed by atoms with Crippen LogP contribution in [0.15, 0.2) is 41.7 Å². The number of hydrogen-bond donors (Lipinski definition) is 1. The van der Waals surface area contributed by atoms with E-state index >= 15 is 0 Å². The van der Waals surface area contributed by atoms with Crippen LogP contribution in [-0.2, 0) is 22.6 Å². The van der Waals surface area contributed by atoms with Crippen LogP contribution in [0.4, 0.5) is 0 Å². The fourth-order valence-electron chi connectivity index (χ4n) is 3.71. The molecule has 1 saturated heterocycles. The summed E-state index contributed by atoms with van der Waals surface area (Å²) in [5.74, 6) is 1.83. The molecule has 0 unspecified atom stereocenters. The molecule has 0 bridgehead atoms. The highest BCUT2D eigenvalue weighted by atomic mass is 127. The number of aliphatic imine (C=N–C) groups is 1. The number of nitrogens with zero attached hydrogens (tertiary/aromatic N) is 4. The largest absolute Gasteiger partial charge is 0.466 e. The maximum absolute atomic E-state index is 11.9. The highest BCUT2D eigenvalue weighted by molar-refractivity contribution is 14.0. The summed E-state index contributed by atoms with van der Waals surface area (Å²) in [4.78, 5) is 22.9. The number of likely N-dealkylation sites (tertiary alicyclic amines) is 1. The number of rotatable bonds is 6. The lowest BCUT2D eigenvalue weighted by Crippen LogP contribution is -2.46. The van der Waals surface area contributed by atoms with Crippen LogP contribution in [0.3, 0.4) is 0 Å². The topological polar surface area (TPSA) is 71.8 Å². The van der Waals surface area contributed by atoms with Gasteiger partial charge in [0.05, 0.1) is 12.5 Å². The fraction of sp³-hybridized carbons (Fsp3) is 0.500. The lowest BCUT2D eigenvalue weighted by Gasteiger charge is -2.33. The number of guanidine groups is 1. The summed E-state index contributed by atoms with van der Waals surface area (Å²) < 4.78 is 7.29. The summed E-state index contributed by atoms with van der Waals surface area (Å²) in [7, 11) is 1.80. The zero-order valence-corrected chi connectivity index (χ0v) is 20.3. The Morgan fingerprint density at radius 2 is 2.03 bits per heavy atom. The van der Waals surface area contributed by atoms with Crippen LogP contribution in [0.5, 0.6) is 0 Å². The van der Waals surface area contributed by atoms with Crippen LogP contribution in [-0.4, -0.2) is 53.1 Å². The standard InChI is InChI=1S/C22H31N5O2.HI/c1-4-29-21(28)20-8-11-26(12-9-20)22(23-3)25-15-18-6-5-7-19(14-18)16-27-13-10-24-17(27)2;/h5-7,10,13-14,20H,4,8-9,11-12,15-16H2,1-3H3,(H,23,25);1H. The van der Waals surface area contributed by atoms with E-state index in [9.17, 15) is 4.79 Å². The highest BCUT2D eigenvalue weighted by Crippen LogP contribution is 2.19. The quantitative estimate of drug-likeness (QED) is 0.272. The van der Waals surface area contributed by atoms with Crippen molar-refractivity contribution in [1.29, 1.82) is 0 Å². The van der Waals surface area contributed by atoms with Gasteiger partial charge in [0, 0.05) is 45.6 Å². The molecule has 1 aliphatic heterocycles. The first-order valence-corrected chi connectivity index (χ1v) is 10.3. The lowest BCUT2D eigenvalue weighted by atomic mass is 9.97. The average Bonchev–Trinajstić information content (AvgIpc) is 3.14. The van der Waals surface area contributed by atoms with Crippen molar-refractivity contribution in [2.24, 2.45) is 10.9 Å². The molecule has 1 aromatic carbocycles. The van der Waals surface area contributed by atoms with E-state index < -0.39 is 0 Å². The van der Waals surface area contributed by atoms with Gasteiger partial charge in [-0.3, -0.25) is 9.79 Å². The Morgan fingerprint density at radius 1 is 1.30 bits per heavy atom. The van der Waals surface area contributed by atoms with Crippen LogP contribution >= 0.6 is 24.0 Å². The van der Waals surface area contributed by atoms with E-state index in [-0.39, 0.29) is 35.9 Å². The molecule has 164 valence electrons. The number of piperidine rings is 1. The minimum absolute atomic E-state index is 0. The Balaban J connectivity index is 0.00000320. The van der Waals surface area contributed by atoms with Gasteiger partial charge in [0.1, 0.15) is 5.82 Å². The van der Waals surface area contributed by atoms with Crippen LogP contribution < -0.4 is 5.32 Å². The number of carbonyl (C=O) groups excluding carboxylic acids is 1. The molecule has 2 aromatic rings. The van der Waals surface area contributed by atoms with E-state index in [0.717, 1.165) is 44.3 Å². The second kappa shape index (κ2) is 11.9. The summed E-state index contributed by atoms with van der Waals surface area (Å²) in [5, 5.41) is 3.46. The van der Waals surface area contributed by atoms with Crippen molar-refractivity contribution in [3.05, 3.63) is 53.6 Å². The van der Waals surface area contributed by atoms with Crippen molar-refractivity contribution in [2.45, 2.75) is 39.8 Å². The van der Waals surface area contributed by atoms with Crippen molar-refractivity contribution < 1.29 is 9.53 Å². The predicted molar refractivity (Wildman–Crippen MR) is 129 cm³/mol. The molecule has 2 heterocycles. The highest BCUT2D eigenvalue weighted by Gasteiger charge is 2.27. The zero-order valence-electron chi connectivity index (χ0n) is 18.0. The van der Waals surface area contributed by atoms with Crippen molar-refractivity contribution in [1.82, 2.24) is 19.8 Å². The molecule has 1 fully saturated rings. The second-order valence-electron chi connectivity index (χ2n) is 7.34. The second-order valence-corrected chi connectivity index (χ2v) is 7.34. The molecule has 7 nitrogen and oxygen atoms in total. The molecule has 3 rings (SSSR count). The van der Waals surface area contributed by atoms with Gasteiger partial charge in [-0.05, 0) is 37.8 Å². The number of hydrogen-bond acceptors (Lipinski definition) is 4. The van der Waals surface area contributed by atoms with E-state index in [0.29, 0.717) is 13.2 Å². The molecule has 8 heteroatoms. The number of halogens is 1. The van der Waals surface area contributed by atoms with Gasteiger partial charge in [0.2, 0.25) is 0 Å². The van der Waals surface area contributed by atoms with Crippen molar-refractivity contribution in [3.8, 4) is 0 Å². The molecule has 0 atom stereocenters. The van der Waals surface area contributed by atoms with E-state index in [1.165, 1.54) is 11.1 Å². The molecule has 0 saturated carbocycles. The van der Waals surface area contributed by atoms with Crippen molar-refractivity contribution >= 4 is 35.9 Å². The maximum atomic E-state index is 11.9. The van der Waals surface area contributed by atoms with Gasteiger partial charge in [-0.1, -0.05) is 24.3 Å². The van der Waals surface area contributed by atoms with E-state index in [1.807, 2.05) is 26.2 Å². The Bertz CT molecular complexity index is 844. The summed E-state index contributed by atoms with van der Waals surface area (Å²) >= 11 is 0. The van der Waals surface area contributed by atoms with E-state index in [1.54, 1.807) is 7.05 Å². The van der Waals surface area contributed by atoms with Crippen LogP contribution in [0, 0.1) is 12.8 Å². The predicted octanol–water partition coefficient (Wildman–Crippen LogP) is 3.21. The molecule has 1 aliphatic rings. The van der Waals surface area contributed by atoms with Gasteiger partial charge in [0.15, 0.2) is 5.96 Å². The molecule has 1 aromatic heterocycles. The number of benzene rings is 1. The molecule has 1 N–H and O–H groups in total. The third-order valence-electron chi connectivity index (χ3n) is 5.34. The van der Waals surface area contributed by atoms with Gasteiger partial charge < -0.3 is 19.5 Å². The normalized spacial score (nSPS) is 14.9. The lowest BCUT2D eigenvalue weighted by molar-refractivity contribution is -0.149. The first kappa shape index (κ1) is 24.2. The molecular weight excluding hydrogens is 493 g/mol. The fourth-order valence-corrected chi connectivity index (χ4v) is 3.71. The Labute approximate surface area is 195 Å². The SMILES string of the molecule is CCOC(=O)C1CCN(C(=NC)NCc2cccc(Cn3ccnc3C)c2)CC1.I. The third kappa shape index (κ3) is 6.45. The Hall–Kier alpha value is -2.10. The molecular formula is C22H32IN5O2. The van der Waals surface area contributed by atoms with Gasteiger partial charge in [-0.25, -0.2) is 4.98 Å². The third-order valence-corrected chi connectivity index (χ3v) is 5.34. The van der Waals surface area contributed by atoms with Crippen molar-refractivity contribution in [2.75, 3.05) is 26.7 Å². The number of aryl methyl sites for hydroxylation is 1. The molecule has 30 heavy (non-hydrogen) atoms. The monoisotopic (exact) mass is 525 g/mol. The summed E-state index contributed by atoms with van der Waals surface area (Å²) in [6.45, 7) is 7.45. The van der Waals surface area contributed by atoms with E-state index in [2.05, 4.69) is 49.0 Å².